The summed E-state index contributed by atoms with van der Waals surface area (Å²) in [5.74, 6) is -1.34. The van der Waals surface area contributed by atoms with Gasteiger partial charge in [0.2, 0.25) is 5.95 Å². The molecular weight excluding hydrogens is 393 g/mol. The number of aromatic nitrogens is 2. The van der Waals surface area contributed by atoms with E-state index in [4.69, 9.17) is 4.98 Å². The number of carbonyl (C=O) groups is 1. The van der Waals surface area contributed by atoms with Crippen LogP contribution in [-0.2, 0) is 4.79 Å². The van der Waals surface area contributed by atoms with Crippen molar-refractivity contribution in [3.8, 4) is 11.3 Å². The van der Waals surface area contributed by atoms with E-state index in [1.807, 2.05) is 40.5 Å². The standard InChI is InChI=1S/C22H21F3N4O/c23-22(24,25)20(30)26-11-9-18-6-3-13-29(18)21-27-12-10-19(28-21)17-8-7-15-4-1-2-5-16(15)14-17/h1-2,4-5,7-8,10,12,14,18H,3,6,9,11,13H2,(H,26,30)/t18-/m0/s1. The number of fused-ring (bicyclic) bond motifs is 1. The molecule has 0 unspecified atom stereocenters. The number of rotatable bonds is 5. The first kappa shape index (κ1) is 20.1. The van der Waals surface area contributed by atoms with Gasteiger partial charge in [0.05, 0.1) is 5.69 Å². The van der Waals surface area contributed by atoms with Crippen molar-refractivity contribution in [2.45, 2.75) is 31.5 Å². The number of alkyl halides is 3. The summed E-state index contributed by atoms with van der Waals surface area (Å²) in [5, 5.41) is 4.21. The van der Waals surface area contributed by atoms with Crippen LogP contribution < -0.4 is 10.2 Å². The monoisotopic (exact) mass is 414 g/mol. The Morgan fingerprint density at radius 3 is 2.73 bits per heavy atom. The summed E-state index contributed by atoms with van der Waals surface area (Å²) in [6.45, 7) is 0.697. The van der Waals surface area contributed by atoms with Gasteiger partial charge in [-0.3, -0.25) is 4.79 Å². The number of hydrogen-bond acceptors (Lipinski definition) is 4. The lowest BCUT2D eigenvalue weighted by atomic mass is 10.1. The highest BCUT2D eigenvalue weighted by Crippen LogP contribution is 2.28. The van der Waals surface area contributed by atoms with Gasteiger partial charge in [-0.15, -0.1) is 0 Å². The summed E-state index contributed by atoms with van der Waals surface area (Å²) in [5.41, 5.74) is 1.77. The van der Waals surface area contributed by atoms with E-state index in [1.165, 1.54) is 0 Å². The molecule has 1 atom stereocenters. The fraction of sp³-hybridized carbons (Fsp3) is 0.318. The van der Waals surface area contributed by atoms with Crippen molar-refractivity contribution < 1.29 is 18.0 Å². The van der Waals surface area contributed by atoms with E-state index in [0.717, 1.165) is 41.4 Å². The Bertz CT molecular complexity index is 1050. The fourth-order valence-electron chi connectivity index (χ4n) is 3.85. The molecule has 3 aromatic rings. The minimum absolute atomic E-state index is 0.00890. The second kappa shape index (κ2) is 8.30. The number of nitrogens with one attached hydrogen (secondary N) is 1. The molecule has 1 amide bonds. The molecular formula is C22H21F3N4O. The number of anilines is 1. The van der Waals surface area contributed by atoms with Crippen molar-refractivity contribution >= 4 is 22.6 Å². The van der Waals surface area contributed by atoms with Gasteiger partial charge in [0.15, 0.2) is 0 Å². The maximum Gasteiger partial charge on any atom is 0.471 e. The lowest BCUT2D eigenvalue weighted by Crippen LogP contribution is -2.40. The van der Waals surface area contributed by atoms with Crippen molar-refractivity contribution in [2.75, 3.05) is 18.0 Å². The van der Waals surface area contributed by atoms with Gasteiger partial charge < -0.3 is 10.2 Å². The van der Waals surface area contributed by atoms with Crippen molar-refractivity contribution in [1.82, 2.24) is 15.3 Å². The molecule has 1 saturated heterocycles. The van der Waals surface area contributed by atoms with Gasteiger partial charge in [0.25, 0.3) is 0 Å². The Balaban J connectivity index is 1.48. The maximum absolute atomic E-state index is 12.4. The fourth-order valence-corrected chi connectivity index (χ4v) is 3.85. The van der Waals surface area contributed by atoms with E-state index in [9.17, 15) is 18.0 Å². The molecule has 0 bridgehead atoms. The van der Waals surface area contributed by atoms with Crippen molar-refractivity contribution in [1.29, 1.82) is 0 Å². The van der Waals surface area contributed by atoms with Crippen LogP contribution in [-0.4, -0.2) is 41.2 Å². The van der Waals surface area contributed by atoms with E-state index in [0.29, 0.717) is 12.4 Å². The number of nitrogens with zero attached hydrogens (tertiary/aromatic N) is 3. The highest BCUT2D eigenvalue weighted by atomic mass is 19.4. The largest absolute Gasteiger partial charge is 0.471 e. The molecule has 0 aliphatic carbocycles. The van der Waals surface area contributed by atoms with Gasteiger partial charge in [0.1, 0.15) is 0 Å². The predicted molar refractivity (Wildman–Crippen MR) is 109 cm³/mol. The third-order valence-corrected chi connectivity index (χ3v) is 5.34. The Morgan fingerprint density at radius 2 is 1.93 bits per heavy atom. The van der Waals surface area contributed by atoms with Crippen LogP contribution >= 0.6 is 0 Å². The normalized spacial score (nSPS) is 16.8. The SMILES string of the molecule is O=C(NCC[C@@H]1CCCN1c1nccc(-c2ccc3ccccc3c2)n1)C(F)(F)F. The Hall–Kier alpha value is -3.16. The summed E-state index contributed by atoms with van der Waals surface area (Å²) in [6.07, 6.45) is -1.02. The number of hydrogen-bond donors (Lipinski definition) is 1. The molecule has 1 aliphatic heterocycles. The van der Waals surface area contributed by atoms with Gasteiger partial charge >= 0.3 is 12.1 Å². The van der Waals surface area contributed by atoms with Crippen molar-refractivity contribution in [2.24, 2.45) is 0 Å². The quantitative estimate of drug-likeness (QED) is 0.675. The zero-order valence-electron chi connectivity index (χ0n) is 16.2. The van der Waals surface area contributed by atoms with Gasteiger partial charge in [-0.1, -0.05) is 36.4 Å². The number of halogens is 3. The molecule has 0 spiro atoms. The average molecular weight is 414 g/mol. The number of carbonyl (C=O) groups excluding carboxylic acids is 1. The molecule has 1 fully saturated rings. The third kappa shape index (κ3) is 4.37. The van der Waals surface area contributed by atoms with E-state index < -0.39 is 12.1 Å². The maximum atomic E-state index is 12.4. The smallest absolute Gasteiger partial charge is 0.348 e. The lowest BCUT2D eigenvalue weighted by molar-refractivity contribution is -0.173. The molecule has 30 heavy (non-hydrogen) atoms. The lowest BCUT2D eigenvalue weighted by Gasteiger charge is -2.25. The molecule has 5 nitrogen and oxygen atoms in total. The molecule has 156 valence electrons. The summed E-state index contributed by atoms with van der Waals surface area (Å²) in [7, 11) is 0. The van der Waals surface area contributed by atoms with E-state index in [2.05, 4.69) is 23.2 Å². The zero-order valence-corrected chi connectivity index (χ0v) is 16.2. The van der Waals surface area contributed by atoms with Crippen LogP contribution in [0, 0.1) is 0 Å². The average Bonchev–Trinajstić information content (AvgIpc) is 3.21. The molecule has 8 heteroatoms. The topological polar surface area (TPSA) is 58.1 Å². The van der Waals surface area contributed by atoms with Crippen molar-refractivity contribution in [3.05, 3.63) is 54.7 Å². The van der Waals surface area contributed by atoms with E-state index in [-0.39, 0.29) is 12.6 Å². The first-order valence-electron chi connectivity index (χ1n) is 9.86. The number of amides is 1. The Labute approximate surface area is 171 Å². The van der Waals surface area contributed by atoms with E-state index in [1.54, 1.807) is 6.20 Å². The number of benzene rings is 2. The summed E-state index contributed by atoms with van der Waals surface area (Å²) < 4.78 is 37.1. The minimum atomic E-state index is -4.85. The molecule has 1 aromatic heterocycles. The second-order valence-corrected chi connectivity index (χ2v) is 7.34. The highest BCUT2D eigenvalue weighted by molar-refractivity contribution is 5.86. The molecule has 0 radical (unpaired) electrons. The predicted octanol–water partition coefficient (Wildman–Crippen LogP) is 4.33. The van der Waals surface area contributed by atoms with Crippen LogP contribution in [0.25, 0.3) is 22.0 Å². The summed E-state index contributed by atoms with van der Waals surface area (Å²) in [6, 6.07) is 16.1. The first-order valence-corrected chi connectivity index (χ1v) is 9.86. The van der Waals surface area contributed by atoms with Crippen LogP contribution in [0.5, 0.6) is 0 Å². The molecule has 2 heterocycles. The van der Waals surface area contributed by atoms with Crippen LogP contribution in [0.15, 0.2) is 54.7 Å². The van der Waals surface area contributed by atoms with Gasteiger partial charge in [-0.05, 0) is 42.2 Å². The molecule has 1 N–H and O–H groups in total. The first-order chi connectivity index (χ1) is 14.4. The van der Waals surface area contributed by atoms with Crippen LogP contribution in [0.4, 0.5) is 19.1 Å². The Morgan fingerprint density at radius 1 is 1.13 bits per heavy atom. The zero-order chi connectivity index (χ0) is 21.1. The molecule has 1 aliphatic rings. The molecule has 0 saturated carbocycles. The van der Waals surface area contributed by atoms with Crippen LogP contribution in [0.2, 0.25) is 0 Å². The van der Waals surface area contributed by atoms with Crippen LogP contribution in [0.3, 0.4) is 0 Å². The molecule has 4 rings (SSSR count). The van der Waals surface area contributed by atoms with Gasteiger partial charge in [-0.2, -0.15) is 13.2 Å². The van der Waals surface area contributed by atoms with E-state index >= 15 is 0 Å². The summed E-state index contributed by atoms with van der Waals surface area (Å²) >= 11 is 0. The molecule has 2 aromatic carbocycles. The highest BCUT2D eigenvalue weighted by Gasteiger charge is 2.38. The third-order valence-electron chi connectivity index (χ3n) is 5.34. The van der Waals surface area contributed by atoms with Crippen molar-refractivity contribution in [3.63, 3.8) is 0 Å². The van der Waals surface area contributed by atoms with Crippen LogP contribution in [0.1, 0.15) is 19.3 Å². The van der Waals surface area contributed by atoms with Gasteiger partial charge in [-0.25, -0.2) is 9.97 Å². The summed E-state index contributed by atoms with van der Waals surface area (Å²) in [4.78, 5) is 22.1. The second-order valence-electron chi connectivity index (χ2n) is 7.34. The Kier molecular flexibility index (Phi) is 5.57. The minimum Gasteiger partial charge on any atom is -0.348 e. The van der Waals surface area contributed by atoms with Gasteiger partial charge in [0, 0.05) is 30.9 Å².